The molecule has 23 heavy (non-hydrogen) atoms. The molecule has 0 fully saturated rings. The summed E-state index contributed by atoms with van der Waals surface area (Å²) in [5, 5.41) is 0.512. The normalized spacial score (nSPS) is 11.0. The molecule has 4 rings (SSSR count). The molecule has 0 spiro atoms. The summed E-state index contributed by atoms with van der Waals surface area (Å²) in [7, 11) is 0. The highest BCUT2D eigenvalue weighted by Crippen LogP contribution is 2.39. The number of nitrogens with zero attached hydrogens (tertiary/aromatic N) is 4. The van der Waals surface area contributed by atoms with E-state index in [0.717, 1.165) is 38.6 Å². The van der Waals surface area contributed by atoms with Crippen LogP contribution in [0.15, 0.2) is 48.8 Å². The van der Waals surface area contributed by atoms with Crippen molar-refractivity contribution >= 4 is 27.5 Å². The van der Waals surface area contributed by atoms with Gasteiger partial charge in [-0.1, -0.05) is 17.4 Å². The number of hydrogen-bond donors (Lipinski definition) is 1. The van der Waals surface area contributed by atoms with E-state index in [4.69, 9.17) is 5.73 Å². The van der Waals surface area contributed by atoms with Crippen LogP contribution in [0.5, 0.6) is 0 Å². The molecule has 0 saturated heterocycles. The second-order valence-electron chi connectivity index (χ2n) is 5.12. The molecule has 0 unspecified atom stereocenters. The van der Waals surface area contributed by atoms with E-state index in [-0.39, 0.29) is 0 Å². The number of pyridine rings is 3. The van der Waals surface area contributed by atoms with Crippen molar-refractivity contribution in [2.75, 3.05) is 5.73 Å². The minimum Gasteiger partial charge on any atom is -0.375 e. The van der Waals surface area contributed by atoms with E-state index in [1.807, 2.05) is 43.3 Å². The molecule has 0 aliphatic rings. The largest absolute Gasteiger partial charge is 0.375 e. The van der Waals surface area contributed by atoms with E-state index in [1.54, 1.807) is 12.4 Å². The minimum absolute atomic E-state index is 0.512. The second kappa shape index (κ2) is 5.40. The Balaban J connectivity index is 2.01. The highest BCUT2D eigenvalue weighted by Gasteiger charge is 2.17. The Morgan fingerprint density at radius 2 is 1.87 bits per heavy atom. The first-order chi connectivity index (χ1) is 11.2. The number of thiazole rings is 1. The highest BCUT2D eigenvalue weighted by molar-refractivity contribution is 7.19. The number of rotatable bonds is 2. The van der Waals surface area contributed by atoms with Crippen molar-refractivity contribution in [1.29, 1.82) is 0 Å². The Morgan fingerprint density at radius 1 is 0.957 bits per heavy atom. The van der Waals surface area contributed by atoms with Gasteiger partial charge in [-0.2, -0.15) is 0 Å². The van der Waals surface area contributed by atoms with Crippen LogP contribution in [0, 0.1) is 6.92 Å². The molecule has 0 aliphatic carbocycles. The predicted octanol–water partition coefficient (Wildman–Crippen LogP) is 3.71. The van der Waals surface area contributed by atoms with Gasteiger partial charge in [0.25, 0.3) is 0 Å². The molecular weight excluding hydrogens is 306 g/mol. The Hall–Kier alpha value is -2.86. The number of nitrogens with two attached hydrogens (primary N) is 1. The lowest BCUT2D eigenvalue weighted by atomic mass is 10.1. The van der Waals surface area contributed by atoms with Crippen molar-refractivity contribution in [3.8, 4) is 21.8 Å². The first-order valence-electron chi connectivity index (χ1n) is 7.13. The Bertz CT molecular complexity index is 994. The molecule has 4 aromatic rings. The summed E-state index contributed by atoms with van der Waals surface area (Å²) in [4.78, 5) is 18.9. The van der Waals surface area contributed by atoms with E-state index in [1.165, 1.54) is 11.3 Å². The molecule has 0 amide bonds. The Morgan fingerprint density at radius 3 is 2.70 bits per heavy atom. The Kier molecular flexibility index (Phi) is 3.24. The van der Waals surface area contributed by atoms with E-state index in [0.29, 0.717) is 5.13 Å². The maximum absolute atomic E-state index is 5.97. The zero-order chi connectivity index (χ0) is 15.8. The SMILES string of the molecule is Cc1ccc2nccc(-c3sc(N)nc3-c3ccccn3)c2n1. The summed E-state index contributed by atoms with van der Waals surface area (Å²) in [5.74, 6) is 0. The summed E-state index contributed by atoms with van der Waals surface area (Å²) in [6, 6.07) is 11.6. The number of anilines is 1. The van der Waals surface area contributed by atoms with Gasteiger partial charge in [0, 0.05) is 23.7 Å². The highest BCUT2D eigenvalue weighted by atomic mass is 32.1. The van der Waals surface area contributed by atoms with Crippen molar-refractivity contribution < 1.29 is 0 Å². The van der Waals surface area contributed by atoms with Crippen LogP contribution in [0.2, 0.25) is 0 Å². The van der Waals surface area contributed by atoms with Gasteiger partial charge in [-0.3, -0.25) is 15.0 Å². The number of hydrogen-bond acceptors (Lipinski definition) is 6. The predicted molar refractivity (Wildman–Crippen MR) is 93.0 cm³/mol. The summed E-state index contributed by atoms with van der Waals surface area (Å²) in [6.45, 7) is 1.97. The van der Waals surface area contributed by atoms with Crippen LogP contribution < -0.4 is 5.73 Å². The molecule has 0 radical (unpaired) electrons. The molecule has 112 valence electrons. The van der Waals surface area contributed by atoms with E-state index >= 15 is 0 Å². The molecule has 4 aromatic heterocycles. The summed E-state index contributed by atoms with van der Waals surface area (Å²) in [5.41, 5.74) is 11.2. The molecule has 6 heteroatoms. The second-order valence-corrected chi connectivity index (χ2v) is 6.15. The van der Waals surface area contributed by atoms with Crippen molar-refractivity contribution in [3.05, 3.63) is 54.5 Å². The van der Waals surface area contributed by atoms with Gasteiger partial charge in [-0.25, -0.2) is 4.98 Å². The van der Waals surface area contributed by atoms with Crippen LogP contribution >= 0.6 is 11.3 Å². The molecule has 0 atom stereocenters. The van der Waals surface area contributed by atoms with Gasteiger partial charge in [-0.15, -0.1) is 0 Å². The standard InChI is InChI=1S/C17H13N5S/c1-10-5-6-13-14(21-10)11(7-9-20-13)16-15(22-17(18)23-16)12-4-2-3-8-19-12/h2-9H,1H3,(H2,18,22). The van der Waals surface area contributed by atoms with Crippen molar-refractivity contribution in [3.63, 3.8) is 0 Å². The average Bonchev–Trinajstić information content (AvgIpc) is 2.97. The van der Waals surface area contributed by atoms with Crippen LogP contribution in [-0.2, 0) is 0 Å². The van der Waals surface area contributed by atoms with Crippen LogP contribution in [-0.4, -0.2) is 19.9 Å². The van der Waals surface area contributed by atoms with Gasteiger partial charge in [0.05, 0.1) is 21.6 Å². The fourth-order valence-electron chi connectivity index (χ4n) is 2.50. The lowest BCUT2D eigenvalue weighted by Crippen LogP contribution is -1.91. The fraction of sp³-hybridized carbons (Fsp3) is 0.0588. The minimum atomic E-state index is 0.512. The summed E-state index contributed by atoms with van der Waals surface area (Å²) < 4.78 is 0. The Labute approximate surface area is 136 Å². The summed E-state index contributed by atoms with van der Waals surface area (Å²) >= 11 is 1.44. The number of fused-ring (bicyclic) bond motifs is 1. The third-order valence-electron chi connectivity index (χ3n) is 3.52. The van der Waals surface area contributed by atoms with E-state index in [9.17, 15) is 0 Å². The zero-order valence-electron chi connectivity index (χ0n) is 12.4. The first-order valence-corrected chi connectivity index (χ1v) is 7.94. The molecule has 5 nitrogen and oxygen atoms in total. The van der Waals surface area contributed by atoms with Gasteiger partial charge in [0.2, 0.25) is 0 Å². The van der Waals surface area contributed by atoms with Gasteiger partial charge >= 0.3 is 0 Å². The van der Waals surface area contributed by atoms with Crippen LogP contribution in [0.25, 0.3) is 32.9 Å². The molecular formula is C17H13N5S. The molecule has 4 heterocycles. The topological polar surface area (TPSA) is 77.6 Å². The van der Waals surface area contributed by atoms with Crippen LogP contribution in [0.4, 0.5) is 5.13 Å². The number of aromatic nitrogens is 4. The van der Waals surface area contributed by atoms with E-state index < -0.39 is 0 Å². The van der Waals surface area contributed by atoms with Crippen LogP contribution in [0.1, 0.15) is 5.69 Å². The lowest BCUT2D eigenvalue weighted by molar-refractivity contribution is 1.23. The monoisotopic (exact) mass is 319 g/mol. The average molecular weight is 319 g/mol. The van der Waals surface area contributed by atoms with Crippen molar-refractivity contribution in [1.82, 2.24) is 19.9 Å². The molecule has 2 N–H and O–H groups in total. The van der Waals surface area contributed by atoms with Gasteiger partial charge in [0.15, 0.2) is 5.13 Å². The number of nitrogen functional groups attached to an aromatic ring is 1. The molecule has 0 aliphatic heterocycles. The van der Waals surface area contributed by atoms with Crippen molar-refractivity contribution in [2.24, 2.45) is 0 Å². The lowest BCUT2D eigenvalue weighted by Gasteiger charge is -2.06. The first kappa shape index (κ1) is 13.8. The maximum atomic E-state index is 5.97. The van der Waals surface area contributed by atoms with Gasteiger partial charge in [-0.05, 0) is 37.3 Å². The molecule has 0 bridgehead atoms. The van der Waals surface area contributed by atoms with Gasteiger partial charge < -0.3 is 5.73 Å². The fourth-order valence-corrected chi connectivity index (χ4v) is 3.37. The smallest absolute Gasteiger partial charge is 0.181 e. The quantitative estimate of drug-likeness (QED) is 0.609. The van der Waals surface area contributed by atoms with Crippen LogP contribution in [0.3, 0.4) is 0 Å². The van der Waals surface area contributed by atoms with E-state index in [2.05, 4.69) is 19.9 Å². The zero-order valence-corrected chi connectivity index (χ0v) is 13.2. The number of aryl methyl sites for hydroxylation is 1. The molecule has 0 aromatic carbocycles. The summed E-state index contributed by atoms with van der Waals surface area (Å²) in [6.07, 6.45) is 3.54. The maximum Gasteiger partial charge on any atom is 0.181 e. The third-order valence-corrected chi connectivity index (χ3v) is 4.44. The third kappa shape index (κ3) is 2.43. The molecule has 0 saturated carbocycles. The van der Waals surface area contributed by atoms with Crippen molar-refractivity contribution in [2.45, 2.75) is 6.92 Å². The van der Waals surface area contributed by atoms with Gasteiger partial charge in [0.1, 0.15) is 5.69 Å².